The summed E-state index contributed by atoms with van der Waals surface area (Å²) < 4.78 is 13.8. The third-order valence-corrected chi connectivity index (χ3v) is 4.42. The maximum absolute atomic E-state index is 13.8. The lowest BCUT2D eigenvalue weighted by atomic mass is 10.2. The highest BCUT2D eigenvalue weighted by atomic mass is 19.1. The van der Waals surface area contributed by atoms with Gasteiger partial charge >= 0.3 is 0 Å². The van der Waals surface area contributed by atoms with Crippen LogP contribution in [0.2, 0.25) is 0 Å². The van der Waals surface area contributed by atoms with Crippen LogP contribution in [-0.2, 0) is 11.2 Å². The van der Waals surface area contributed by atoms with Crippen LogP contribution in [0.15, 0.2) is 36.7 Å². The van der Waals surface area contributed by atoms with Gasteiger partial charge in [-0.05, 0) is 30.5 Å². The Morgan fingerprint density at radius 3 is 2.64 bits per heavy atom. The summed E-state index contributed by atoms with van der Waals surface area (Å²) >= 11 is 0. The molecule has 2 heterocycles. The van der Waals surface area contributed by atoms with Crippen LogP contribution in [0.1, 0.15) is 28.8 Å². The molecule has 1 fully saturated rings. The summed E-state index contributed by atoms with van der Waals surface area (Å²) in [7, 11) is 0. The van der Waals surface area contributed by atoms with Crippen molar-refractivity contribution in [3.05, 3.63) is 53.6 Å². The standard InChI is InChI=1S/C18H21FN4O2/c19-16-5-2-1-4-15(16)18(25)23-9-3-8-22(10-11-23)17(24)7-6-14-12-20-21-13-14/h1-2,4-5,12-13H,3,6-11H2,(H,20,21). The number of rotatable bonds is 4. The predicted molar refractivity (Wildman–Crippen MR) is 90.4 cm³/mol. The Kier molecular flexibility index (Phi) is 5.42. The van der Waals surface area contributed by atoms with Crippen LogP contribution >= 0.6 is 0 Å². The molecule has 0 atom stereocenters. The zero-order chi connectivity index (χ0) is 17.6. The molecule has 25 heavy (non-hydrogen) atoms. The number of halogens is 1. The number of hydrogen-bond donors (Lipinski definition) is 1. The number of aryl methyl sites for hydroxylation is 1. The highest BCUT2D eigenvalue weighted by Gasteiger charge is 2.24. The van der Waals surface area contributed by atoms with Gasteiger partial charge in [0.25, 0.3) is 5.91 Å². The Labute approximate surface area is 145 Å². The minimum absolute atomic E-state index is 0.0707. The molecule has 1 aliphatic rings. The lowest BCUT2D eigenvalue weighted by Gasteiger charge is -2.22. The number of nitrogens with zero attached hydrogens (tertiary/aromatic N) is 3. The molecule has 1 aromatic heterocycles. The molecule has 1 saturated heterocycles. The molecular weight excluding hydrogens is 323 g/mol. The summed E-state index contributed by atoms with van der Waals surface area (Å²) in [5.41, 5.74) is 1.08. The van der Waals surface area contributed by atoms with Gasteiger partial charge in [0.05, 0.1) is 11.8 Å². The molecule has 1 aliphatic heterocycles. The lowest BCUT2D eigenvalue weighted by Crippen LogP contribution is -2.37. The molecule has 0 saturated carbocycles. The molecule has 0 spiro atoms. The number of amides is 2. The summed E-state index contributed by atoms with van der Waals surface area (Å²) in [4.78, 5) is 28.3. The highest BCUT2D eigenvalue weighted by Crippen LogP contribution is 2.13. The van der Waals surface area contributed by atoms with E-state index in [0.717, 1.165) is 5.56 Å². The van der Waals surface area contributed by atoms with Crippen molar-refractivity contribution in [3.8, 4) is 0 Å². The fourth-order valence-electron chi connectivity index (χ4n) is 3.00. The second-order valence-electron chi connectivity index (χ2n) is 6.11. The number of carbonyl (C=O) groups is 2. The normalized spacial score (nSPS) is 15.1. The first-order valence-corrected chi connectivity index (χ1v) is 8.44. The molecule has 0 bridgehead atoms. The quantitative estimate of drug-likeness (QED) is 0.920. The summed E-state index contributed by atoms with van der Waals surface area (Å²) in [5, 5.41) is 6.60. The first-order chi connectivity index (χ1) is 12.1. The van der Waals surface area contributed by atoms with Gasteiger partial charge in [0.1, 0.15) is 5.82 Å². The van der Waals surface area contributed by atoms with E-state index >= 15 is 0 Å². The Morgan fingerprint density at radius 2 is 1.88 bits per heavy atom. The van der Waals surface area contributed by atoms with Crippen LogP contribution in [0.3, 0.4) is 0 Å². The molecule has 2 aromatic rings. The molecule has 132 valence electrons. The third-order valence-electron chi connectivity index (χ3n) is 4.42. The Morgan fingerprint density at radius 1 is 1.12 bits per heavy atom. The van der Waals surface area contributed by atoms with Gasteiger partial charge < -0.3 is 9.80 Å². The monoisotopic (exact) mass is 344 g/mol. The molecular formula is C18H21FN4O2. The number of nitrogens with one attached hydrogen (secondary N) is 1. The number of aromatic amines is 1. The van der Waals surface area contributed by atoms with Gasteiger partial charge in [-0.15, -0.1) is 0 Å². The van der Waals surface area contributed by atoms with Gasteiger partial charge in [-0.25, -0.2) is 4.39 Å². The van der Waals surface area contributed by atoms with Crippen molar-refractivity contribution < 1.29 is 14.0 Å². The average Bonchev–Trinajstić information content (AvgIpc) is 3.02. The number of H-pyrrole nitrogens is 1. The van der Waals surface area contributed by atoms with E-state index in [-0.39, 0.29) is 17.4 Å². The molecule has 1 N–H and O–H groups in total. The predicted octanol–water partition coefficient (Wildman–Crippen LogP) is 1.86. The van der Waals surface area contributed by atoms with Crippen molar-refractivity contribution in [2.24, 2.45) is 0 Å². The fourth-order valence-corrected chi connectivity index (χ4v) is 3.00. The van der Waals surface area contributed by atoms with Gasteiger partial charge in [-0.2, -0.15) is 5.10 Å². The molecule has 2 amide bonds. The summed E-state index contributed by atoms with van der Waals surface area (Å²) in [6.45, 7) is 2.04. The fraction of sp³-hybridized carbons (Fsp3) is 0.389. The van der Waals surface area contributed by atoms with Crippen molar-refractivity contribution >= 4 is 11.8 Å². The van der Waals surface area contributed by atoms with E-state index in [1.165, 1.54) is 12.1 Å². The molecule has 0 radical (unpaired) electrons. The SMILES string of the molecule is O=C(CCc1cn[nH]c1)N1CCCN(C(=O)c2ccccc2F)CC1. The van der Waals surface area contributed by atoms with Crippen molar-refractivity contribution in [2.75, 3.05) is 26.2 Å². The van der Waals surface area contributed by atoms with Gasteiger partial charge in [0, 0.05) is 38.8 Å². The minimum Gasteiger partial charge on any atom is -0.341 e. The molecule has 0 unspecified atom stereocenters. The number of aromatic nitrogens is 2. The van der Waals surface area contributed by atoms with Crippen LogP contribution in [0.5, 0.6) is 0 Å². The van der Waals surface area contributed by atoms with E-state index in [9.17, 15) is 14.0 Å². The first-order valence-electron chi connectivity index (χ1n) is 8.44. The summed E-state index contributed by atoms with van der Waals surface area (Å²) in [5.74, 6) is -0.753. The van der Waals surface area contributed by atoms with Crippen LogP contribution in [-0.4, -0.2) is 58.0 Å². The summed E-state index contributed by atoms with van der Waals surface area (Å²) in [6, 6.07) is 6.00. The van der Waals surface area contributed by atoms with Gasteiger partial charge in [-0.3, -0.25) is 14.7 Å². The third kappa shape index (κ3) is 4.23. The molecule has 7 heteroatoms. The van der Waals surface area contributed by atoms with E-state index in [0.29, 0.717) is 45.4 Å². The maximum Gasteiger partial charge on any atom is 0.256 e. The Bertz CT molecular complexity index is 732. The van der Waals surface area contributed by atoms with Crippen molar-refractivity contribution in [3.63, 3.8) is 0 Å². The molecule has 0 aliphatic carbocycles. The first kappa shape index (κ1) is 17.1. The highest BCUT2D eigenvalue weighted by molar-refractivity contribution is 5.94. The van der Waals surface area contributed by atoms with Crippen molar-refractivity contribution in [1.82, 2.24) is 20.0 Å². The van der Waals surface area contributed by atoms with E-state index in [2.05, 4.69) is 10.2 Å². The number of hydrogen-bond acceptors (Lipinski definition) is 3. The summed E-state index contributed by atoms with van der Waals surface area (Å²) in [6.07, 6.45) is 5.25. The van der Waals surface area contributed by atoms with E-state index in [4.69, 9.17) is 0 Å². The van der Waals surface area contributed by atoms with Gasteiger partial charge in [0.2, 0.25) is 5.91 Å². The smallest absolute Gasteiger partial charge is 0.256 e. The molecule has 6 nitrogen and oxygen atoms in total. The van der Waals surface area contributed by atoms with Crippen LogP contribution < -0.4 is 0 Å². The van der Waals surface area contributed by atoms with E-state index in [1.54, 1.807) is 34.3 Å². The van der Waals surface area contributed by atoms with Gasteiger partial charge in [0.15, 0.2) is 0 Å². The zero-order valence-corrected chi connectivity index (χ0v) is 13.9. The second-order valence-corrected chi connectivity index (χ2v) is 6.11. The Hall–Kier alpha value is -2.70. The Balaban J connectivity index is 1.56. The number of benzene rings is 1. The lowest BCUT2D eigenvalue weighted by molar-refractivity contribution is -0.131. The minimum atomic E-state index is -0.509. The molecule has 3 rings (SSSR count). The second kappa shape index (κ2) is 7.92. The van der Waals surface area contributed by atoms with Crippen molar-refractivity contribution in [1.29, 1.82) is 0 Å². The maximum atomic E-state index is 13.8. The van der Waals surface area contributed by atoms with E-state index in [1.807, 2.05) is 0 Å². The van der Waals surface area contributed by atoms with Crippen LogP contribution in [0.25, 0.3) is 0 Å². The van der Waals surface area contributed by atoms with Crippen molar-refractivity contribution in [2.45, 2.75) is 19.3 Å². The number of carbonyl (C=O) groups excluding carboxylic acids is 2. The molecule has 1 aromatic carbocycles. The van der Waals surface area contributed by atoms with E-state index < -0.39 is 5.82 Å². The zero-order valence-electron chi connectivity index (χ0n) is 13.9. The van der Waals surface area contributed by atoms with Crippen LogP contribution in [0.4, 0.5) is 4.39 Å². The topological polar surface area (TPSA) is 69.3 Å². The largest absolute Gasteiger partial charge is 0.341 e. The van der Waals surface area contributed by atoms with Gasteiger partial charge in [-0.1, -0.05) is 12.1 Å². The average molecular weight is 344 g/mol. The van der Waals surface area contributed by atoms with Crippen LogP contribution in [0, 0.1) is 5.82 Å².